The third-order valence-corrected chi connectivity index (χ3v) is 8.15. The van der Waals surface area contributed by atoms with Crippen LogP contribution in [0.5, 0.6) is 34.5 Å². The lowest BCUT2D eigenvalue weighted by atomic mass is 10.0. The number of benzene rings is 4. The van der Waals surface area contributed by atoms with Gasteiger partial charge in [-0.1, -0.05) is 30.3 Å². The molecule has 0 atom stereocenters. The molecule has 0 aliphatic rings. The Bertz CT molecular complexity index is 1910. The van der Waals surface area contributed by atoms with Gasteiger partial charge < -0.3 is 59.8 Å². The molecular weight excluding hydrogens is 760 g/mol. The lowest BCUT2D eigenvalue weighted by molar-refractivity contribution is -0.138. The van der Waals surface area contributed by atoms with Crippen molar-refractivity contribution < 1.29 is 79.0 Å². The number of hydrogen-bond acceptors (Lipinski definition) is 12. The van der Waals surface area contributed by atoms with E-state index < -0.39 is 23.9 Å². The molecule has 0 unspecified atom stereocenters. The number of methoxy groups -OCH3 is 4. The predicted molar refractivity (Wildman–Crippen MR) is 211 cm³/mol. The van der Waals surface area contributed by atoms with Gasteiger partial charge in [-0.15, -0.1) is 0 Å². The summed E-state index contributed by atoms with van der Waals surface area (Å²) in [6.45, 7) is -0.381. The Hall–Kier alpha value is -6.52. The van der Waals surface area contributed by atoms with E-state index in [0.717, 1.165) is 22.3 Å². The van der Waals surface area contributed by atoms with E-state index in [1.54, 1.807) is 75.9 Å². The molecule has 0 fully saturated rings. The van der Waals surface area contributed by atoms with Gasteiger partial charge in [-0.2, -0.15) is 0 Å². The average Bonchev–Trinajstić information content (AvgIpc) is 3.21. The molecule has 0 bridgehead atoms. The summed E-state index contributed by atoms with van der Waals surface area (Å²) in [5, 5.41) is 70.7. The molecule has 58 heavy (non-hydrogen) atoms. The van der Waals surface area contributed by atoms with Gasteiger partial charge in [0, 0.05) is 31.2 Å². The minimum absolute atomic E-state index is 0.00352. The largest absolute Gasteiger partial charge is 0.508 e. The number of carbonyl (C=O) groups is 4. The van der Waals surface area contributed by atoms with Crippen molar-refractivity contribution in [1.29, 1.82) is 0 Å². The fraction of sp³-hybridized carbons (Fsp3) is 0.333. The monoisotopic (exact) mass is 812 g/mol. The summed E-state index contributed by atoms with van der Waals surface area (Å²) in [7, 11) is 6.12. The molecule has 0 spiro atoms. The molecule has 0 aromatic heterocycles. The molecular formula is C42H52O16. The molecule has 316 valence electrons. The molecule has 4 aromatic rings. The molecule has 0 heterocycles. The Labute approximate surface area is 336 Å². The zero-order chi connectivity index (χ0) is 43.6. The number of ether oxygens (including phenoxy) is 4. The van der Waals surface area contributed by atoms with Gasteiger partial charge in [-0.3, -0.25) is 19.2 Å². The number of phenols is 2. The number of phenolic OH excluding ortho intramolecular Hbond substituents is 1. The number of aromatic hydroxyl groups is 2. The normalized spacial score (nSPS) is 9.90. The fourth-order valence-corrected chi connectivity index (χ4v) is 5.06. The molecule has 0 aliphatic carbocycles. The first-order valence-corrected chi connectivity index (χ1v) is 17.7. The van der Waals surface area contributed by atoms with Crippen molar-refractivity contribution in [2.24, 2.45) is 0 Å². The van der Waals surface area contributed by atoms with E-state index in [1.807, 2.05) is 6.07 Å². The minimum atomic E-state index is -0.891. The van der Waals surface area contributed by atoms with E-state index in [4.69, 9.17) is 49.6 Å². The van der Waals surface area contributed by atoms with E-state index in [1.165, 1.54) is 19.2 Å². The van der Waals surface area contributed by atoms with Crippen LogP contribution in [0.3, 0.4) is 0 Å². The third-order valence-electron chi connectivity index (χ3n) is 8.15. The Kier molecular flexibility index (Phi) is 23.2. The van der Waals surface area contributed by atoms with Crippen molar-refractivity contribution in [3.63, 3.8) is 0 Å². The minimum Gasteiger partial charge on any atom is -0.508 e. The van der Waals surface area contributed by atoms with Crippen LogP contribution in [-0.2, 0) is 58.1 Å². The van der Waals surface area contributed by atoms with Crippen LogP contribution in [0.2, 0.25) is 0 Å². The van der Waals surface area contributed by atoms with Crippen LogP contribution in [0.4, 0.5) is 0 Å². The van der Waals surface area contributed by atoms with Crippen molar-refractivity contribution in [2.75, 3.05) is 28.4 Å². The van der Waals surface area contributed by atoms with Gasteiger partial charge in [0.25, 0.3) is 0 Å². The highest BCUT2D eigenvalue weighted by atomic mass is 16.5. The first-order chi connectivity index (χ1) is 27.6. The zero-order valence-corrected chi connectivity index (χ0v) is 32.8. The van der Waals surface area contributed by atoms with E-state index in [0.29, 0.717) is 59.8 Å². The number of aliphatic carboxylic acids is 4. The molecule has 0 saturated carbocycles. The number of aliphatic hydroxyl groups excluding tert-OH is 2. The summed E-state index contributed by atoms with van der Waals surface area (Å²) in [5.41, 5.74) is 4.41. The molecule has 16 nitrogen and oxygen atoms in total. The predicted octanol–water partition coefficient (Wildman–Crippen LogP) is 5.25. The zero-order valence-electron chi connectivity index (χ0n) is 32.8. The number of carboxylic acid groups (broad SMARTS) is 4. The molecule has 0 aliphatic heterocycles. The van der Waals surface area contributed by atoms with E-state index in [2.05, 4.69) is 0 Å². The lowest BCUT2D eigenvalue weighted by Crippen LogP contribution is -2.01. The SMILES string of the molecule is COc1cc(CCC(=O)O)ccc1O.COc1ccc(CCC(=O)O)c(CO)c1.COc1ccc(CCC(=O)O)cc1OC.O=C(O)CCc1cccc(O)c1CO. The number of hydrogen-bond donors (Lipinski definition) is 8. The number of carboxylic acids is 4. The molecule has 8 N–H and O–H groups in total. The van der Waals surface area contributed by atoms with Gasteiger partial charge >= 0.3 is 23.9 Å². The van der Waals surface area contributed by atoms with Gasteiger partial charge in [-0.25, -0.2) is 0 Å². The lowest BCUT2D eigenvalue weighted by Gasteiger charge is -2.08. The Morgan fingerprint density at radius 3 is 1.45 bits per heavy atom. The van der Waals surface area contributed by atoms with Crippen molar-refractivity contribution in [1.82, 2.24) is 0 Å². The molecule has 0 amide bonds. The summed E-state index contributed by atoms with van der Waals surface area (Å²) in [5.74, 6) is -0.987. The van der Waals surface area contributed by atoms with Crippen LogP contribution in [-0.4, -0.2) is 93.2 Å². The quantitative estimate of drug-likeness (QED) is 0.0638. The van der Waals surface area contributed by atoms with E-state index >= 15 is 0 Å². The van der Waals surface area contributed by atoms with Crippen molar-refractivity contribution in [3.05, 3.63) is 106 Å². The van der Waals surface area contributed by atoms with Crippen LogP contribution >= 0.6 is 0 Å². The van der Waals surface area contributed by atoms with Gasteiger partial charge in [0.15, 0.2) is 23.0 Å². The number of aryl methyl sites for hydroxylation is 4. The topological polar surface area (TPSA) is 267 Å². The standard InChI is InChI=1S/2C11H14O4.2C10H12O4/c1-14-9-5-3-8(4-6-11(12)13)7-10(9)15-2;1-15-10-4-2-8(3-5-11(13)14)9(6-10)7-12;1-14-9-6-7(2-4-8(9)11)3-5-10(12)13;11-6-8-7(4-5-10(13)14)2-1-3-9(8)12/h3,5,7H,4,6H2,1-2H3,(H,12,13);2,4,6,12H,3,5,7H2,1H3,(H,13,14);2,4,6,11H,3,5H2,1H3,(H,12,13);1-3,11-12H,4-6H2,(H,13,14). The maximum atomic E-state index is 10.4. The van der Waals surface area contributed by atoms with Crippen molar-refractivity contribution in [3.8, 4) is 34.5 Å². The fourth-order valence-electron chi connectivity index (χ4n) is 5.06. The summed E-state index contributed by atoms with van der Waals surface area (Å²) >= 11 is 0. The van der Waals surface area contributed by atoms with E-state index in [-0.39, 0.29) is 50.4 Å². The highest BCUT2D eigenvalue weighted by Crippen LogP contribution is 2.28. The summed E-state index contributed by atoms with van der Waals surface area (Å²) < 4.78 is 20.1. The van der Waals surface area contributed by atoms with Crippen LogP contribution in [0.25, 0.3) is 0 Å². The van der Waals surface area contributed by atoms with Crippen molar-refractivity contribution >= 4 is 23.9 Å². The summed E-state index contributed by atoms with van der Waals surface area (Å²) in [6.07, 6.45) is 1.94. The third kappa shape index (κ3) is 18.9. The first kappa shape index (κ1) is 49.5. The molecule has 0 radical (unpaired) electrons. The van der Waals surface area contributed by atoms with Gasteiger partial charge in [0.1, 0.15) is 11.5 Å². The molecule has 0 saturated heterocycles. The number of rotatable bonds is 18. The van der Waals surface area contributed by atoms with Crippen LogP contribution < -0.4 is 18.9 Å². The summed E-state index contributed by atoms with van der Waals surface area (Å²) in [4.78, 5) is 41.4. The summed E-state index contributed by atoms with van der Waals surface area (Å²) in [6, 6.07) is 20.3. The van der Waals surface area contributed by atoms with E-state index in [9.17, 15) is 29.4 Å². The van der Waals surface area contributed by atoms with Gasteiger partial charge in [0.05, 0.1) is 41.7 Å². The molecule has 4 aromatic carbocycles. The van der Waals surface area contributed by atoms with Gasteiger partial charge in [0.2, 0.25) is 0 Å². The highest BCUT2D eigenvalue weighted by molar-refractivity contribution is 5.68. The van der Waals surface area contributed by atoms with Crippen molar-refractivity contribution in [2.45, 2.75) is 64.6 Å². The number of aliphatic hydroxyl groups is 2. The second kappa shape index (κ2) is 27.1. The molecule has 4 rings (SSSR count). The maximum absolute atomic E-state index is 10.4. The average molecular weight is 813 g/mol. The maximum Gasteiger partial charge on any atom is 0.303 e. The van der Waals surface area contributed by atoms with Crippen LogP contribution in [0, 0.1) is 0 Å². The Morgan fingerprint density at radius 2 is 0.966 bits per heavy atom. The Morgan fingerprint density at radius 1 is 0.466 bits per heavy atom. The second-order valence-corrected chi connectivity index (χ2v) is 12.1. The van der Waals surface area contributed by atoms with Crippen LogP contribution in [0.1, 0.15) is 59.1 Å². The first-order valence-electron chi connectivity index (χ1n) is 17.7. The van der Waals surface area contributed by atoms with Crippen LogP contribution in [0.15, 0.2) is 72.8 Å². The second-order valence-electron chi connectivity index (χ2n) is 12.1. The molecule has 16 heteroatoms. The highest BCUT2D eigenvalue weighted by Gasteiger charge is 2.09. The van der Waals surface area contributed by atoms with Gasteiger partial charge in [-0.05, 0) is 96.0 Å². The Balaban J connectivity index is 0.000000387. The smallest absolute Gasteiger partial charge is 0.303 e.